The van der Waals surface area contributed by atoms with Gasteiger partial charge in [0.25, 0.3) is 0 Å². The number of aromatic carboxylic acids is 1. The van der Waals surface area contributed by atoms with E-state index in [1.165, 1.54) is 6.07 Å². The van der Waals surface area contributed by atoms with Crippen molar-refractivity contribution >= 4 is 11.9 Å². The van der Waals surface area contributed by atoms with Crippen LogP contribution in [0.15, 0.2) is 42.5 Å². The lowest BCUT2D eigenvalue weighted by Crippen LogP contribution is -2.37. The number of carbonyl (C=O) groups is 2. The number of amides is 1. The molecule has 0 saturated heterocycles. The van der Waals surface area contributed by atoms with Gasteiger partial charge in [-0.25, -0.2) is 9.18 Å². The molecule has 5 heteroatoms. The molecule has 0 spiro atoms. The summed E-state index contributed by atoms with van der Waals surface area (Å²) in [6.45, 7) is 0. The van der Waals surface area contributed by atoms with E-state index in [1.807, 2.05) is 6.07 Å². The minimum atomic E-state index is -0.982. The number of carboxylic acid groups (broad SMARTS) is 1. The summed E-state index contributed by atoms with van der Waals surface area (Å²) in [7, 11) is 0. The Balaban J connectivity index is 1.59. The van der Waals surface area contributed by atoms with Gasteiger partial charge < -0.3 is 10.4 Å². The topological polar surface area (TPSA) is 66.4 Å². The molecule has 128 valence electrons. The van der Waals surface area contributed by atoms with Gasteiger partial charge in [0.2, 0.25) is 5.91 Å². The highest BCUT2D eigenvalue weighted by Crippen LogP contribution is 2.50. The molecule has 0 bridgehead atoms. The van der Waals surface area contributed by atoms with Gasteiger partial charge in [0, 0.05) is 5.56 Å². The zero-order valence-electron chi connectivity index (χ0n) is 13.6. The van der Waals surface area contributed by atoms with Crippen LogP contribution in [0, 0.1) is 5.82 Å². The number of rotatable bonds is 4. The molecule has 1 atom stereocenters. The standard InChI is InChI=1S/C20H18FNO3/c21-16-4-2-1-3-15(16)20(9-10-20)19(25)22-17-8-7-12-5-6-13(18(23)24)11-14(12)17/h1-6,11,17H,7-10H2,(H,22,25)(H,23,24). The maximum atomic E-state index is 14.1. The lowest BCUT2D eigenvalue weighted by Gasteiger charge is -2.21. The van der Waals surface area contributed by atoms with E-state index in [1.54, 1.807) is 30.3 Å². The molecule has 0 aliphatic heterocycles. The Bertz CT molecular complexity index is 873. The van der Waals surface area contributed by atoms with Crippen LogP contribution in [-0.2, 0) is 16.6 Å². The van der Waals surface area contributed by atoms with Gasteiger partial charge in [0.1, 0.15) is 5.82 Å². The van der Waals surface area contributed by atoms with Crippen LogP contribution in [0.1, 0.15) is 52.4 Å². The van der Waals surface area contributed by atoms with Crippen LogP contribution in [0.5, 0.6) is 0 Å². The fraction of sp³-hybridized carbons (Fsp3) is 0.300. The Hall–Kier alpha value is -2.69. The van der Waals surface area contributed by atoms with Gasteiger partial charge in [-0.15, -0.1) is 0 Å². The third-order valence-corrected chi connectivity index (χ3v) is 5.35. The molecular formula is C20H18FNO3. The van der Waals surface area contributed by atoms with Gasteiger partial charge in [-0.3, -0.25) is 4.79 Å². The fourth-order valence-corrected chi connectivity index (χ4v) is 3.77. The summed E-state index contributed by atoms with van der Waals surface area (Å²) in [6, 6.07) is 11.2. The van der Waals surface area contributed by atoms with Crippen molar-refractivity contribution in [3.63, 3.8) is 0 Å². The number of hydrogen-bond acceptors (Lipinski definition) is 2. The second kappa shape index (κ2) is 5.69. The minimum absolute atomic E-state index is 0.170. The summed E-state index contributed by atoms with van der Waals surface area (Å²) in [5.41, 5.74) is 1.81. The van der Waals surface area contributed by atoms with E-state index in [4.69, 9.17) is 0 Å². The van der Waals surface area contributed by atoms with Crippen LogP contribution in [0.25, 0.3) is 0 Å². The van der Waals surface area contributed by atoms with Crippen molar-refractivity contribution in [2.75, 3.05) is 0 Å². The van der Waals surface area contributed by atoms with Crippen LogP contribution in [0.2, 0.25) is 0 Å². The quantitative estimate of drug-likeness (QED) is 0.898. The molecule has 1 saturated carbocycles. The van der Waals surface area contributed by atoms with Crippen LogP contribution in [-0.4, -0.2) is 17.0 Å². The van der Waals surface area contributed by atoms with Crippen molar-refractivity contribution in [2.24, 2.45) is 0 Å². The molecule has 1 fully saturated rings. The zero-order chi connectivity index (χ0) is 17.6. The Morgan fingerprint density at radius 3 is 2.60 bits per heavy atom. The third kappa shape index (κ3) is 2.60. The predicted molar refractivity (Wildman–Crippen MR) is 89.9 cm³/mol. The van der Waals surface area contributed by atoms with Gasteiger partial charge in [-0.05, 0) is 55.0 Å². The average Bonchev–Trinajstić information content (AvgIpc) is 3.32. The highest BCUT2D eigenvalue weighted by Gasteiger charge is 2.53. The van der Waals surface area contributed by atoms with Crippen LogP contribution >= 0.6 is 0 Å². The van der Waals surface area contributed by atoms with E-state index in [-0.39, 0.29) is 23.3 Å². The van der Waals surface area contributed by atoms with Crippen molar-refractivity contribution in [1.82, 2.24) is 5.32 Å². The summed E-state index contributed by atoms with van der Waals surface area (Å²) in [4.78, 5) is 24.1. The van der Waals surface area contributed by atoms with Crippen molar-refractivity contribution in [3.05, 3.63) is 70.5 Å². The molecule has 2 aromatic carbocycles. The van der Waals surface area contributed by atoms with Crippen LogP contribution in [0.4, 0.5) is 4.39 Å². The highest BCUT2D eigenvalue weighted by atomic mass is 19.1. The van der Waals surface area contributed by atoms with E-state index < -0.39 is 11.4 Å². The molecule has 1 unspecified atom stereocenters. The van der Waals surface area contributed by atoms with Gasteiger partial charge >= 0.3 is 5.97 Å². The number of benzene rings is 2. The third-order valence-electron chi connectivity index (χ3n) is 5.35. The molecule has 2 aromatic rings. The molecule has 2 aliphatic carbocycles. The first kappa shape index (κ1) is 15.8. The van der Waals surface area contributed by atoms with E-state index in [2.05, 4.69) is 5.32 Å². The van der Waals surface area contributed by atoms with E-state index in [9.17, 15) is 19.1 Å². The Labute approximate surface area is 144 Å². The first-order valence-electron chi connectivity index (χ1n) is 8.43. The normalized spacial score (nSPS) is 20.0. The second-order valence-electron chi connectivity index (χ2n) is 6.85. The van der Waals surface area contributed by atoms with Crippen molar-refractivity contribution in [3.8, 4) is 0 Å². The maximum absolute atomic E-state index is 14.1. The molecule has 0 heterocycles. The first-order valence-corrected chi connectivity index (χ1v) is 8.43. The Kier molecular flexibility index (Phi) is 3.60. The predicted octanol–water partition coefficient (Wildman–Crippen LogP) is 3.36. The second-order valence-corrected chi connectivity index (χ2v) is 6.85. The number of aryl methyl sites for hydroxylation is 1. The summed E-state index contributed by atoms with van der Waals surface area (Å²) in [5, 5.41) is 12.2. The van der Waals surface area contributed by atoms with Gasteiger partial charge in [0.05, 0.1) is 17.0 Å². The summed E-state index contributed by atoms with van der Waals surface area (Å²) < 4.78 is 14.1. The molecule has 4 nitrogen and oxygen atoms in total. The highest BCUT2D eigenvalue weighted by molar-refractivity contribution is 5.92. The van der Waals surface area contributed by atoms with E-state index >= 15 is 0 Å². The molecular weight excluding hydrogens is 321 g/mol. The first-order chi connectivity index (χ1) is 12.0. The molecule has 1 amide bonds. The maximum Gasteiger partial charge on any atom is 0.335 e. The van der Waals surface area contributed by atoms with Gasteiger partial charge in [0.15, 0.2) is 0 Å². The molecule has 4 rings (SSSR count). The lowest BCUT2D eigenvalue weighted by atomic mass is 9.93. The zero-order valence-corrected chi connectivity index (χ0v) is 13.6. The molecule has 0 aromatic heterocycles. The minimum Gasteiger partial charge on any atom is -0.478 e. The molecule has 25 heavy (non-hydrogen) atoms. The number of carboxylic acids is 1. The Morgan fingerprint density at radius 1 is 1.16 bits per heavy atom. The lowest BCUT2D eigenvalue weighted by molar-refractivity contribution is -0.124. The van der Waals surface area contributed by atoms with E-state index in [0.29, 0.717) is 18.4 Å². The fourth-order valence-electron chi connectivity index (χ4n) is 3.77. The van der Waals surface area contributed by atoms with Crippen LogP contribution < -0.4 is 5.32 Å². The van der Waals surface area contributed by atoms with Gasteiger partial charge in [-0.1, -0.05) is 24.3 Å². The number of fused-ring (bicyclic) bond motifs is 1. The summed E-state index contributed by atoms with van der Waals surface area (Å²) >= 11 is 0. The molecule has 0 radical (unpaired) electrons. The van der Waals surface area contributed by atoms with E-state index in [0.717, 1.165) is 24.0 Å². The van der Waals surface area contributed by atoms with Crippen molar-refractivity contribution in [2.45, 2.75) is 37.1 Å². The molecule has 2 aliphatic rings. The number of carbonyl (C=O) groups excluding carboxylic acids is 1. The smallest absolute Gasteiger partial charge is 0.335 e. The van der Waals surface area contributed by atoms with Crippen molar-refractivity contribution in [1.29, 1.82) is 0 Å². The van der Waals surface area contributed by atoms with Gasteiger partial charge in [-0.2, -0.15) is 0 Å². The Morgan fingerprint density at radius 2 is 1.92 bits per heavy atom. The van der Waals surface area contributed by atoms with Crippen molar-refractivity contribution < 1.29 is 19.1 Å². The van der Waals surface area contributed by atoms with Crippen LogP contribution in [0.3, 0.4) is 0 Å². The molecule has 2 N–H and O–H groups in total. The summed E-state index contributed by atoms with van der Waals surface area (Å²) in [6.07, 6.45) is 2.80. The number of hydrogen-bond donors (Lipinski definition) is 2. The summed E-state index contributed by atoms with van der Waals surface area (Å²) in [5.74, 6) is -1.50. The number of halogens is 1. The number of nitrogens with one attached hydrogen (secondary N) is 1. The largest absolute Gasteiger partial charge is 0.478 e. The SMILES string of the molecule is O=C(O)c1ccc2c(c1)C(NC(=O)C1(c3ccccc3F)CC1)CC2. The monoisotopic (exact) mass is 339 g/mol. The average molecular weight is 339 g/mol.